The van der Waals surface area contributed by atoms with Crippen molar-refractivity contribution in [1.29, 1.82) is 0 Å². The van der Waals surface area contributed by atoms with Gasteiger partial charge < -0.3 is 14.4 Å². The second-order valence-corrected chi connectivity index (χ2v) is 6.26. The summed E-state index contributed by atoms with van der Waals surface area (Å²) in [5, 5.41) is 0. The maximum absolute atomic E-state index is 13.1. The Morgan fingerprint density at radius 2 is 1.96 bits per heavy atom. The zero-order valence-corrected chi connectivity index (χ0v) is 16.1. The molecule has 0 saturated carbocycles. The van der Waals surface area contributed by atoms with Gasteiger partial charge in [-0.25, -0.2) is 4.79 Å². The Kier molecular flexibility index (Phi) is 5.89. The van der Waals surface area contributed by atoms with Gasteiger partial charge in [-0.2, -0.15) is 0 Å². The molecule has 0 N–H and O–H groups in total. The molecule has 2 aromatic rings. The molecule has 0 unspecified atom stereocenters. The van der Waals surface area contributed by atoms with Crippen LogP contribution in [0.5, 0.6) is 5.75 Å². The summed E-state index contributed by atoms with van der Waals surface area (Å²) in [5.41, 5.74) is 2.84. The Balaban J connectivity index is 1.96. The quantitative estimate of drug-likeness (QED) is 0.570. The molecule has 0 aliphatic carbocycles. The topological polar surface area (TPSA) is 68.7 Å². The predicted octanol–water partition coefficient (Wildman–Crippen LogP) is 3.35. The number of benzene rings is 1. The highest BCUT2D eigenvalue weighted by Gasteiger charge is 2.36. The molecule has 1 amide bonds. The number of amides is 1. The molecule has 6 nitrogen and oxygen atoms in total. The summed E-state index contributed by atoms with van der Waals surface area (Å²) >= 11 is 0. The van der Waals surface area contributed by atoms with E-state index >= 15 is 0 Å². The lowest BCUT2D eigenvalue weighted by Crippen LogP contribution is -2.24. The van der Waals surface area contributed by atoms with E-state index in [9.17, 15) is 9.59 Å². The van der Waals surface area contributed by atoms with E-state index in [2.05, 4.69) is 4.98 Å². The number of aromatic nitrogens is 1. The number of pyridine rings is 1. The Morgan fingerprint density at radius 1 is 1.21 bits per heavy atom. The van der Waals surface area contributed by atoms with Crippen molar-refractivity contribution in [2.24, 2.45) is 0 Å². The number of carbonyl (C=O) groups is 2. The van der Waals surface area contributed by atoms with E-state index < -0.39 is 5.97 Å². The van der Waals surface area contributed by atoms with E-state index in [1.807, 2.05) is 43.3 Å². The summed E-state index contributed by atoms with van der Waals surface area (Å²) in [4.78, 5) is 31.1. The van der Waals surface area contributed by atoms with Gasteiger partial charge in [0.2, 0.25) is 0 Å². The van der Waals surface area contributed by atoms with Gasteiger partial charge in [0.25, 0.3) is 5.91 Å². The number of hydrogen-bond acceptors (Lipinski definition) is 5. The zero-order chi connectivity index (χ0) is 20.1. The summed E-state index contributed by atoms with van der Waals surface area (Å²) < 4.78 is 10.4. The molecule has 0 radical (unpaired) electrons. The normalized spacial score (nSPS) is 15.3. The first-order chi connectivity index (χ1) is 13.5. The van der Waals surface area contributed by atoms with Crippen LogP contribution in [0.3, 0.4) is 0 Å². The van der Waals surface area contributed by atoms with Crippen molar-refractivity contribution < 1.29 is 19.1 Å². The molecule has 3 rings (SSSR count). The minimum atomic E-state index is -0.531. The van der Waals surface area contributed by atoms with E-state index in [0.29, 0.717) is 24.4 Å². The van der Waals surface area contributed by atoms with Gasteiger partial charge in [0.15, 0.2) is 0 Å². The number of allylic oxidation sites excluding steroid dienone is 1. The van der Waals surface area contributed by atoms with Crippen LogP contribution in [0.2, 0.25) is 0 Å². The average molecular weight is 378 g/mol. The largest absolute Gasteiger partial charge is 0.494 e. The van der Waals surface area contributed by atoms with Gasteiger partial charge in [0, 0.05) is 18.1 Å². The third kappa shape index (κ3) is 3.96. The van der Waals surface area contributed by atoms with Gasteiger partial charge in [-0.15, -0.1) is 0 Å². The van der Waals surface area contributed by atoms with Gasteiger partial charge in [0.1, 0.15) is 5.75 Å². The molecule has 1 aromatic heterocycles. The van der Waals surface area contributed by atoms with Crippen molar-refractivity contribution in [1.82, 2.24) is 9.88 Å². The fourth-order valence-corrected chi connectivity index (χ4v) is 3.09. The fraction of sp³-hybridized carbons (Fsp3) is 0.227. The lowest BCUT2D eigenvalue weighted by Gasteiger charge is -2.17. The van der Waals surface area contributed by atoms with Crippen molar-refractivity contribution in [3.05, 3.63) is 76.8 Å². The highest BCUT2D eigenvalue weighted by molar-refractivity contribution is 6.16. The summed E-state index contributed by atoms with van der Waals surface area (Å²) in [5.74, 6) is -0.0205. The van der Waals surface area contributed by atoms with Crippen molar-refractivity contribution in [2.75, 3.05) is 13.7 Å². The van der Waals surface area contributed by atoms with Gasteiger partial charge in [-0.3, -0.25) is 9.78 Å². The number of carbonyl (C=O) groups excluding carboxylic acids is 2. The van der Waals surface area contributed by atoms with E-state index in [4.69, 9.17) is 9.47 Å². The third-order valence-corrected chi connectivity index (χ3v) is 4.47. The molecular weight excluding hydrogens is 356 g/mol. The number of methoxy groups -OCH3 is 1. The first-order valence-corrected chi connectivity index (χ1v) is 9.00. The summed E-state index contributed by atoms with van der Waals surface area (Å²) in [6.07, 6.45) is 5.08. The molecule has 6 heteroatoms. The monoisotopic (exact) mass is 378 g/mol. The summed E-state index contributed by atoms with van der Waals surface area (Å²) in [7, 11) is 1.31. The highest BCUT2D eigenvalue weighted by Crippen LogP contribution is 2.33. The smallest absolute Gasteiger partial charge is 0.340 e. The van der Waals surface area contributed by atoms with E-state index in [1.165, 1.54) is 7.11 Å². The Bertz CT molecular complexity index is 931. The lowest BCUT2D eigenvalue weighted by molar-refractivity contribution is -0.136. The molecular formula is C22H22N2O4. The maximum Gasteiger partial charge on any atom is 0.340 e. The fourth-order valence-electron chi connectivity index (χ4n) is 3.09. The SMILES string of the molecule is CCOc1ccc(/C=C2\C(=O)N(Cc3cccnc3)C(C)=C2C(=O)OC)cc1. The van der Waals surface area contributed by atoms with Crippen LogP contribution in [0, 0.1) is 0 Å². The Morgan fingerprint density at radius 3 is 2.57 bits per heavy atom. The van der Waals surface area contributed by atoms with Crippen LogP contribution in [0.4, 0.5) is 0 Å². The first kappa shape index (κ1) is 19.4. The molecule has 0 spiro atoms. The van der Waals surface area contributed by atoms with Gasteiger partial charge >= 0.3 is 5.97 Å². The van der Waals surface area contributed by atoms with Crippen LogP contribution in [0.15, 0.2) is 65.6 Å². The molecule has 2 heterocycles. The zero-order valence-electron chi connectivity index (χ0n) is 16.1. The molecule has 1 aliphatic heterocycles. The van der Waals surface area contributed by atoms with Crippen LogP contribution in [0.25, 0.3) is 6.08 Å². The van der Waals surface area contributed by atoms with E-state index in [1.54, 1.807) is 30.3 Å². The van der Waals surface area contributed by atoms with Crippen molar-refractivity contribution in [3.8, 4) is 5.75 Å². The number of rotatable bonds is 6. The van der Waals surface area contributed by atoms with Crippen LogP contribution < -0.4 is 4.74 Å². The molecule has 0 atom stereocenters. The number of nitrogens with zero attached hydrogens (tertiary/aromatic N) is 2. The first-order valence-electron chi connectivity index (χ1n) is 9.00. The van der Waals surface area contributed by atoms with Crippen molar-refractivity contribution in [3.63, 3.8) is 0 Å². The molecule has 0 bridgehead atoms. The van der Waals surface area contributed by atoms with Crippen molar-refractivity contribution >= 4 is 18.0 Å². The average Bonchev–Trinajstić information content (AvgIpc) is 2.94. The molecule has 0 saturated heterocycles. The molecule has 28 heavy (non-hydrogen) atoms. The van der Waals surface area contributed by atoms with E-state index in [0.717, 1.165) is 16.9 Å². The van der Waals surface area contributed by atoms with Crippen molar-refractivity contribution in [2.45, 2.75) is 20.4 Å². The standard InChI is InChI=1S/C22H22N2O4/c1-4-28-18-9-7-16(8-10-18)12-19-20(22(26)27-3)15(2)24(21(19)25)14-17-6-5-11-23-13-17/h5-13H,4,14H2,1-3H3/b19-12-. The molecule has 1 aliphatic rings. The highest BCUT2D eigenvalue weighted by atomic mass is 16.5. The number of hydrogen-bond donors (Lipinski definition) is 0. The minimum absolute atomic E-state index is 0.240. The third-order valence-electron chi connectivity index (χ3n) is 4.47. The number of esters is 1. The van der Waals surface area contributed by atoms with Gasteiger partial charge in [-0.05, 0) is 49.2 Å². The van der Waals surface area contributed by atoms with E-state index in [-0.39, 0.29) is 11.5 Å². The summed E-state index contributed by atoms with van der Waals surface area (Å²) in [6.45, 7) is 4.58. The van der Waals surface area contributed by atoms with Gasteiger partial charge in [0.05, 0.1) is 31.4 Å². The molecule has 144 valence electrons. The Hall–Kier alpha value is -3.41. The minimum Gasteiger partial charge on any atom is -0.494 e. The van der Waals surface area contributed by atoms with Gasteiger partial charge in [-0.1, -0.05) is 18.2 Å². The maximum atomic E-state index is 13.1. The second-order valence-electron chi connectivity index (χ2n) is 6.26. The van der Waals surface area contributed by atoms with Crippen LogP contribution >= 0.6 is 0 Å². The predicted molar refractivity (Wildman–Crippen MR) is 105 cm³/mol. The Labute approximate surface area is 164 Å². The summed E-state index contributed by atoms with van der Waals surface area (Å²) in [6, 6.07) is 11.1. The molecule has 0 fully saturated rings. The second kappa shape index (κ2) is 8.52. The van der Waals surface area contributed by atoms with Crippen LogP contribution in [-0.4, -0.2) is 35.5 Å². The van der Waals surface area contributed by atoms with Crippen LogP contribution in [-0.2, 0) is 20.9 Å². The number of ether oxygens (including phenoxy) is 2. The van der Waals surface area contributed by atoms with Crippen LogP contribution in [0.1, 0.15) is 25.0 Å². The molecule has 1 aromatic carbocycles. The lowest BCUT2D eigenvalue weighted by atomic mass is 10.0.